The van der Waals surface area contributed by atoms with Crippen LogP contribution in [-0.4, -0.2) is 58.4 Å². The van der Waals surface area contributed by atoms with Crippen molar-refractivity contribution in [3.8, 4) is 12.3 Å². The Labute approximate surface area is 125 Å². The van der Waals surface area contributed by atoms with Crippen molar-refractivity contribution in [2.45, 2.75) is 39.2 Å². The van der Waals surface area contributed by atoms with E-state index in [1.165, 1.54) is 4.90 Å². The van der Waals surface area contributed by atoms with Gasteiger partial charge >= 0.3 is 5.97 Å². The smallest absolute Gasteiger partial charge is 0.326 e. The number of nitrogens with zero attached hydrogens (tertiary/aromatic N) is 2. The zero-order valence-corrected chi connectivity index (χ0v) is 12.5. The van der Waals surface area contributed by atoms with Crippen molar-refractivity contribution in [2.24, 2.45) is 5.92 Å². The maximum Gasteiger partial charge on any atom is 0.326 e. The lowest BCUT2D eigenvalue weighted by molar-refractivity contribution is -0.149. The molecule has 1 fully saturated rings. The molecule has 1 heterocycles. The van der Waals surface area contributed by atoms with Crippen LogP contribution in [0.15, 0.2) is 0 Å². The first-order chi connectivity index (χ1) is 9.96. The monoisotopic (exact) mass is 294 g/mol. The first-order valence-corrected chi connectivity index (χ1v) is 7.23. The number of aliphatic carboxylic acids is 1. The van der Waals surface area contributed by atoms with Crippen LogP contribution in [0.4, 0.5) is 0 Å². The van der Waals surface area contributed by atoms with E-state index in [0.29, 0.717) is 32.5 Å². The average Bonchev–Trinajstić information content (AvgIpc) is 2.95. The highest BCUT2D eigenvalue weighted by atomic mass is 16.4. The maximum absolute atomic E-state index is 12.2. The summed E-state index contributed by atoms with van der Waals surface area (Å²) < 4.78 is 0. The second-order valence-corrected chi connectivity index (χ2v) is 5.02. The molecule has 6 nitrogen and oxygen atoms in total. The summed E-state index contributed by atoms with van der Waals surface area (Å²) in [5.74, 6) is -0.0757. The molecule has 1 saturated heterocycles. The molecular weight excluding hydrogens is 272 g/mol. The van der Waals surface area contributed by atoms with Gasteiger partial charge in [0.15, 0.2) is 0 Å². The van der Waals surface area contributed by atoms with E-state index in [1.54, 1.807) is 4.90 Å². The predicted octanol–water partition coefficient (Wildman–Crippen LogP) is 0.570. The quantitative estimate of drug-likeness (QED) is 0.727. The van der Waals surface area contributed by atoms with E-state index in [0.717, 1.165) is 0 Å². The van der Waals surface area contributed by atoms with Crippen LogP contribution < -0.4 is 0 Å². The van der Waals surface area contributed by atoms with Gasteiger partial charge in [-0.1, -0.05) is 5.92 Å². The molecule has 0 bridgehead atoms. The van der Waals surface area contributed by atoms with Gasteiger partial charge in [0.05, 0.1) is 0 Å². The van der Waals surface area contributed by atoms with Crippen LogP contribution in [0, 0.1) is 18.3 Å². The Morgan fingerprint density at radius 3 is 2.48 bits per heavy atom. The minimum atomic E-state index is -1.01. The Hall–Kier alpha value is -2.03. The number of carboxylic acid groups (broad SMARTS) is 1. The topological polar surface area (TPSA) is 77.9 Å². The summed E-state index contributed by atoms with van der Waals surface area (Å²) in [7, 11) is 0. The molecule has 116 valence electrons. The summed E-state index contributed by atoms with van der Waals surface area (Å²) in [6.07, 6.45) is 6.36. The maximum atomic E-state index is 12.2. The van der Waals surface area contributed by atoms with Crippen molar-refractivity contribution < 1.29 is 19.5 Å². The van der Waals surface area contributed by atoms with Gasteiger partial charge in [0, 0.05) is 26.1 Å². The van der Waals surface area contributed by atoms with Crippen LogP contribution in [0.25, 0.3) is 0 Å². The summed E-state index contributed by atoms with van der Waals surface area (Å²) in [5, 5.41) is 9.09. The standard InChI is InChI=1S/C15H22N2O4/c1-4-11(14(19)16(5-2)6-3)10-13(18)17-9-7-8-12(17)15(20)21/h1,11-12H,5-10H2,2-3H3,(H,20,21)/t11?,12-/m0/s1. The highest BCUT2D eigenvalue weighted by molar-refractivity contribution is 5.90. The Balaban J connectivity index is 2.73. The second-order valence-electron chi connectivity index (χ2n) is 5.02. The van der Waals surface area contributed by atoms with Crippen LogP contribution in [0.1, 0.15) is 33.1 Å². The Kier molecular flexibility index (Phi) is 6.22. The Morgan fingerprint density at radius 1 is 1.38 bits per heavy atom. The van der Waals surface area contributed by atoms with Crippen molar-refractivity contribution in [1.82, 2.24) is 9.80 Å². The number of carbonyl (C=O) groups excluding carboxylic acids is 2. The van der Waals surface area contributed by atoms with Gasteiger partial charge < -0.3 is 14.9 Å². The molecule has 1 N–H and O–H groups in total. The second kappa shape index (κ2) is 7.67. The van der Waals surface area contributed by atoms with E-state index in [2.05, 4.69) is 5.92 Å². The summed E-state index contributed by atoms with van der Waals surface area (Å²) in [6.45, 7) is 5.16. The summed E-state index contributed by atoms with van der Waals surface area (Å²) >= 11 is 0. The highest BCUT2D eigenvalue weighted by Crippen LogP contribution is 2.20. The van der Waals surface area contributed by atoms with Crippen LogP contribution >= 0.6 is 0 Å². The minimum Gasteiger partial charge on any atom is -0.480 e. The zero-order valence-electron chi connectivity index (χ0n) is 12.5. The first kappa shape index (κ1) is 17.0. The lowest BCUT2D eigenvalue weighted by atomic mass is 10.0. The molecule has 1 aliphatic heterocycles. The predicted molar refractivity (Wildman–Crippen MR) is 77.2 cm³/mol. The van der Waals surface area contributed by atoms with E-state index >= 15 is 0 Å². The number of amides is 2. The molecule has 0 aromatic carbocycles. The van der Waals surface area contributed by atoms with Gasteiger partial charge in [0.1, 0.15) is 12.0 Å². The molecule has 0 radical (unpaired) electrons. The van der Waals surface area contributed by atoms with Crippen molar-refractivity contribution in [3.05, 3.63) is 0 Å². The summed E-state index contributed by atoms with van der Waals surface area (Å²) in [5.41, 5.74) is 0. The molecular formula is C15H22N2O4. The molecule has 0 saturated carbocycles. The molecule has 21 heavy (non-hydrogen) atoms. The van der Waals surface area contributed by atoms with E-state index < -0.39 is 17.9 Å². The molecule has 6 heteroatoms. The van der Waals surface area contributed by atoms with Crippen molar-refractivity contribution in [1.29, 1.82) is 0 Å². The Bertz CT molecular complexity index is 451. The number of terminal acetylenes is 1. The van der Waals surface area contributed by atoms with E-state index in [1.807, 2.05) is 13.8 Å². The number of carbonyl (C=O) groups is 3. The molecule has 0 aromatic rings. The van der Waals surface area contributed by atoms with Gasteiger partial charge in [-0.3, -0.25) is 9.59 Å². The van der Waals surface area contributed by atoms with Gasteiger partial charge in [-0.25, -0.2) is 4.79 Å². The largest absolute Gasteiger partial charge is 0.480 e. The fourth-order valence-electron chi connectivity index (χ4n) is 2.59. The highest BCUT2D eigenvalue weighted by Gasteiger charge is 2.35. The number of hydrogen-bond donors (Lipinski definition) is 1. The van der Waals surface area contributed by atoms with Crippen molar-refractivity contribution >= 4 is 17.8 Å². The van der Waals surface area contributed by atoms with Crippen LogP contribution in [0.2, 0.25) is 0 Å². The van der Waals surface area contributed by atoms with Gasteiger partial charge in [-0.15, -0.1) is 6.42 Å². The normalized spacial score (nSPS) is 18.9. The minimum absolute atomic E-state index is 0.129. The van der Waals surface area contributed by atoms with Gasteiger partial charge in [0.2, 0.25) is 11.8 Å². The Morgan fingerprint density at radius 2 is 2.00 bits per heavy atom. The number of rotatable bonds is 6. The van der Waals surface area contributed by atoms with Crippen LogP contribution in [-0.2, 0) is 14.4 Å². The molecule has 2 atom stereocenters. The summed E-state index contributed by atoms with van der Waals surface area (Å²) in [6, 6.07) is -0.792. The fraction of sp³-hybridized carbons (Fsp3) is 0.667. The first-order valence-electron chi connectivity index (χ1n) is 7.23. The van der Waals surface area contributed by atoms with Gasteiger partial charge in [-0.2, -0.15) is 0 Å². The molecule has 0 spiro atoms. The number of hydrogen-bond acceptors (Lipinski definition) is 3. The molecule has 0 aromatic heterocycles. The van der Waals surface area contributed by atoms with Gasteiger partial charge in [0.25, 0.3) is 0 Å². The van der Waals surface area contributed by atoms with E-state index in [9.17, 15) is 14.4 Å². The molecule has 1 rings (SSSR count). The lowest BCUT2D eigenvalue weighted by Crippen LogP contribution is -2.43. The van der Waals surface area contributed by atoms with Crippen molar-refractivity contribution in [3.63, 3.8) is 0 Å². The third kappa shape index (κ3) is 3.97. The third-order valence-electron chi connectivity index (χ3n) is 3.81. The SMILES string of the molecule is C#CC(CC(=O)N1CCC[C@H]1C(=O)O)C(=O)N(CC)CC. The zero-order chi connectivity index (χ0) is 16.0. The van der Waals surface area contributed by atoms with Crippen LogP contribution in [0.5, 0.6) is 0 Å². The molecule has 1 aliphatic rings. The van der Waals surface area contributed by atoms with E-state index in [4.69, 9.17) is 11.5 Å². The average molecular weight is 294 g/mol. The lowest BCUT2D eigenvalue weighted by Gasteiger charge is -2.25. The van der Waals surface area contributed by atoms with Crippen LogP contribution in [0.3, 0.4) is 0 Å². The van der Waals surface area contributed by atoms with E-state index in [-0.39, 0.29) is 18.2 Å². The molecule has 2 amide bonds. The third-order valence-corrected chi connectivity index (χ3v) is 3.81. The molecule has 0 aliphatic carbocycles. The summed E-state index contributed by atoms with van der Waals surface area (Å²) in [4.78, 5) is 38.4. The van der Waals surface area contributed by atoms with Crippen molar-refractivity contribution in [2.75, 3.05) is 19.6 Å². The fourth-order valence-corrected chi connectivity index (χ4v) is 2.59. The van der Waals surface area contributed by atoms with Gasteiger partial charge in [-0.05, 0) is 26.7 Å². The number of carboxylic acids is 1. The number of likely N-dealkylation sites (tertiary alicyclic amines) is 1. The molecule has 1 unspecified atom stereocenters.